The zero-order valence-electron chi connectivity index (χ0n) is 14.7. The molecule has 6 heteroatoms. The molecule has 5 nitrogen and oxygen atoms in total. The lowest BCUT2D eigenvalue weighted by molar-refractivity contribution is -0.922. The predicted octanol–water partition coefficient (Wildman–Crippen LogP) is 1.66. The summed E-state index contributed by atoms with van der Waals surface area (Å²) in [5, 5.41) is 4.79. The van der Waals surface area contributed by atoms with Crippen LogP contribution in [0, 0.1) is 5.92 Å². The van der Waals surface area contributed by atoms with Crippen molar-refractivity contribution < 1.29 is 9.64 Å². The van der Waals surface area contributed by atoms with E-state index in [0.29, 0.717) is 0 Å². The van der Waals surface area contributed by atoms with Crippen molar-refractivity contribution in [2.45, 2.75) is 39.7 Å². The summed E-state index contributed by atoms with van der Waals surface area (Å²) in [4.78, 5) is 14.1. The van der Waals surface area contributed by atoms with Gasteiger partial charge in [-0.25, -0.2) is 9.97 Å². The van der Waals surface area contributed by atoms with Gasteiger partial charge in [0.1, 0.15) is 30.3 Å². The maximum Gasteiger partial charge on any atom is 0.187 e. The number of anilines is 1. The lowest BCUT2D eigenvalue weighted by atomic mass is 9.89. The molecule has 0 spiro atoms. The number of hydrogen-bond donors (Lipinski definition) is 2. The summed E-state index contributed by atoms with van der Waals surface area (Å²) in [5.74, 6) is 2.82. The number of quaternary nitrogens is 1. The summed E-state index contributed by atoms with van der Waals surface area (Å²) >= 11 is 1.89. The van der Waals surface area contributed by atoms with Crippen LogP contribution in [0.3, 0.4) is 0 Å². The fraction of sp³-hybridized carbons (Fsp3) is 0.667. The number of nitrogens with one attached hydrogen (secondary N) is 2. The zero-order valence-corrected chi connectivity index (χ0v) is 15.5. The Bertz CT molecular complexity index is 723. The Morgan fingerprint density at radius 2 is 2.12 bits per heavy atom. The van der Waals surface area contributed by atoms with Gasteiger partial charge in [0.15, 0.2) is 5.82 Å². The molecule has 0 saturated carbocycles. The molecular weight excluding hydrogens is 320 g/mol. The maximum absolute atomic E-state index is 5.46. The second-order valence-corrected chi connectivity index (χ2v) is 8.17. The molecule has 2 aliphatic rings. The van der Waals surface area contributed by atoms with Crippen molar-refractivity contribution in [2.75, 3.05) is 38.2 Å². The van der Waals surface area contributed by atoms with Crippen LogP contribution >= 0.6 is 11.3 Å². The van der Waals surface area contributed by atoms with Gasteiger partial charge in [-0.3, -0.25) is 0 Å². The van der Waals surface area contributed by atoms with Crippen molar-refractivity contribution in [3.8, 4) is 0 Å². The Hall–Kier alpha value is -1.24. The molecule has 0 amide bonds. The summed E-state index contributed by atoms with van der Waals surface area (Å²) in [6.07, 6.45) is 3.66. The number of nitrogens with zero attached hydrogens (tertiary/aromatic N) is 2. The van der Waals surface area contributed by atoms with Gasteiger partial charge in [0.2, 0.25) is 0 Å². The highest BCUT2D eigenvalue weighted by Gasteiger charge is 2.25. The monoisotopic (exact) mass is 347 g/mol. The molecule has 2 aromatic rings. The van der Waals surface area contributed by atoms with Crippen LogP contribution in [0.2, 0.25) is 0 Å². The Labute approximate surface area is 147 Å². The average molecular weight is 348 g/mol. The van der Waals surface area contributed by atoms with Crippen LogP contribution in [0.4, 0.5) is 5.82 Å². The van der Waals surface area contributed by atoms with E-state index in [-0.39, 0.29) is 0 Å². The van der Waals surface area contributed by atoms with Crippen molar-refractivity contribution in [3.05, 3.63) is 16.3 Å². The van der Waals surface area contributed by atoms with Crippen LogP contribution in [0.1, 0.15) is 36.5 Å². The van der Waals surface area contributed by atoms with Crippen molar-refractivity contribution in [3.63, 3.8) is 0 Å². The first-order valence-electron chi connectivity index (χ1n) is 9.21. The number of aryl methyl sites for hydroxylation is 1. The number of ether oxygens (including phenoxy) is 1. The van der Waals surface area contributed by atoms with Gasteiger partial charge in [-0.15, -0.1) is 11.3 Å². The van der Waals surface area contributed by atoms with Gasteiger partial charge >= 0.3 is 0 Å². The SMILES string of the molecule is CCNc1nc(C[NH+]2CCOCC2)nc2sc3c(c12)CC[C@H](C)C3. The van der Waals surface area contributed by atoms with Gasteiger partial charge in [-0.1, -0.05) is 6.92 Å². The summed E-state index contributed by atoms with van der Waals surface area (Å²) in [7, 11) is 0. The molecule has 1 fully saturated rings. The minimum absolute atomic E-state index is 0.790. The fourth-order valence-electron chi connectivity index (χ4n) is 3.82. The molecule has 1 atom stereocenters. The summed E-state index contributed by atoms with van der Waals surface area (Å²) in [6.45, 7) is 10.1. The standard InChI is InChI=1S/C18H26N4OS/c1-3-19-17-16-13-5-4-12(2)10-14(13)24-18(16)21-15(20-17)11-22-6-8-23-9-7-22/h12H,3-11H2,1-2H3,(H,19,20,21)/p+1/t12-/m0/s1. The molecule has 1 saturated heterocycles. The van der Waals surface area contributed by atoms with Gasteiger partial charge < -0.3 is 15.0 Å². The minimum atomic E-state index is 0.790. The minimum Gasteiger partial charge on any atom is -0.370 e. The molecule has 0 aromatic carbocycles. The molecule has 0 radical (unpaired) electrons. The van der Waals surface area contributed by atoms with E-state index in [1.165, 1.54) is 44.8 Å². The largest absolute Gasteiger partial charge is 0.370 e. The van der Waals surface area contributed by atoms with E-state index in [4.69, 9.17) is 14.7 Å². The summed E-state index contributed by atoms with van der Waals surface area (Å²) < 4.78 is 5.46. The number of aromatic nitrogens is 2. The van der Waals surface area contributed by atoms with E-state index < -0.39 is 0 Å². The highest BCUT2D eigenvalue weighted by atomic mass is 32.1. The lowest BCUT2D eigenvalue weighted by Crippen LogP contribution is -3.12. The van der Waals surface area contributed by atoms with E-state index in [9.17, 15) is 0 Å². The maximum atomic E-state index is 5.46. The second kappa shape index (κ2) is 6.94. The number of hydrogen-bond acceptors (Lipinski definition) is 5. The number of rotatable bonds is 4. The fourth-order valence-corrected chi connectivity index (χ4v) is 5.22. The van der Waals surface area contributed by atoms with E-state index in [0.717, 1.165) is 57.0 Å². The molecular formula is C18H27N4OS+. The number of morpholine rings is 1. The summed E-state index contributed by atoms with van der Waals surface area (Å²) in [5.41, 5.74) is 1.51. The smallest absolute Gasteiger partial charge is 0.187 e. The molecule has 1 aliphatic carbocycles. The Kier molecular flexibility index (Phi) is 4.70. The number of fused-ring (bicyclic) bond motifs is 3. The first-order chi connectivity index (χ1) is 11.7. The molecule has 0 unspecified atom stereocenters. The van der Waals surface area contributed by atoms with Crippen molar-refractivity contribution >= 4 is 27.4 Å². The third kappa shape index (κ3) is 3.15. The molecule has 2 aromatic heterocycles. The van der Waals surface area contributed by atoms with Gasteiger partial charge in [0.25, 0.3) is 0 Å². The average Bonchev–Trinajstić information content (AvgIpc) is 2.93. The van der Waals surface area contributed by atoms with Crippen molar-refractivity contribution in [1.82, 2.24) is 9.97 Å². The number of thiophene rings is 1. The van der Waals surface area contributed by atoms with E-state index in [1.807, 2.05) is 11.3 Å². The molecule has 2 N–H and O–H groups in total. The molecule has 130 valence electrons. The quantitative estimate of drug-likeness (QED) is 0.883. The van der Waals surface area contributed by atoms with Crippen LogP contribution in [0.15, 0.2) is 0 Å². The highest BCUT2D eigenvalue weighted by Crippen LogP contribution is 2.39. The topological polar surface area (TPSA) is 51.5 Å². The van der Waals surface area contributed by atoms with Crippen LogP contribution < -0.4 is 10.2 Å². The first kappa shape index (κ1) is 16.2. The van der Waals surface area contributed by atoms with E-state index >= 15 is 0 Å². The Morgan fingerprint density at radius 3 is 2.92 bits per heavy atom. The Balaban J connectivity index is 1.71. The van der Waals surface area contributed by atoms with Crippen molar-refractivity contribution in [2.24, 2.45) is 5.92 Å². The van der Waals surface area contributed by atoms with Gasteiger partial charge in [-0.05, 0) is 37.7 Å². The van der Waals surface area contributed by atoms with Crippen LogP contribution in [0.5, 0.6) is 0 Å². The van der Waals surface area contributed by atoms with E-state index in [1.54, 1.807) is 0 Å². The third-order valence-corrected chi connectivity index (χ3v) is 6.30. The first-order valence-corrected chi connectivity index (χ1v) is 10.0. The van der Waals surface area contributed by atoms with Gasteiger partial charge in [-0.2, -0.15) is 0 Å². The normalized spacial score (nSPS) is 21.8. The van der Waals surface area contributed by atoms with Crippen molar-refractivity contribution in [1.29, 1.82) is 0 Å². The second-order valence-electron chi connectivity index (χ2n) is 7.09. The molecule has 4 rings (SSSR count). The molecule has 3 heterocycles. The highest BCUT2D eigenvalue weighted by molar-refractivity contribution is 7.19. The van der Waals surface area contributed by atoms with E-state index in [2.05, 4.69) is 19.2 Å². The lowest BCUT2D eigenvalue weighted by Gasteiger charge is -2.23. The van der Waals surface area contributed by atoms with Crippen LogP contribution in [0.25, 0.3) is 10.2 Å². The molecule has 24 heavy (non-hydrogen) atoms. The summed E-state index contributed by atoms with van der Waals surface area (Å²) in [6, 6.07) is 0. The molecule has 0 bridgehead atoms. The predicted molar refractivity (Wildman–Crippen MR) is 98.0 cm³/mol. The molecule has 1 aliphatic heterocycles. The van der Waals surface area contributed by atoms with Gasteiger partial charge in [0.05, 0.1) is 18.6 Å². The van der Waals surface area contributed by atoms with Gasteiger partial charge in [0, 0.05) is 11.4 Å². The van der Waals surface area contributed by atoms with Crippen LogP contribution in [-0.4, -0.2) is 42.8 Å². The Morgan fingerprint density at radius 1 is 1.29 bits per heavy atom. The van der Waals surface area contributed by atoms with Crippen LogP contribution in [-0.2, 0) is 24.1 Å². The third-order valence-electron chi connectivity index (χ3n) is 5.15. The zero-order chi connectivity index (χ0) is 16.5.